The third-order valence-corrected chi connectivity index (χ3v) is 4.01. The number of rotatable bonds is 8. The number of hydrogen-bond donors (Lipinski definition) is 2. The van der Waals surface area contributed by atoms with Crippen LogP contribution in [-0.2, 0) is 0 Å². The highest BCUT2D eigenvalue weighted by Gasteiger charge is 2.04. The lowest BCUT2D eigenvalue weighted by Gasteiger charge is -2.09. The zero-order valence-electron chi connectivity index (χ0n) is 16.5. The Labute approximate surface area is 170 Å². The highest BCUT2D eigenvalue weighted by Crippen LogP contribution is 2.21. The molecule has 7 heteroatoms. The zero-order valence-corrected chi connectivity index (χ0v) is 16.5. The van der Waals surface area contributed by atoms with Crippen LogP contribution in [0.5, 0.6) is 11.6 Å². The Morgan fingerprint density at radius 3 is 2.52 bits per heavy atom. The monoisotopic (exact) mass is 392 g/mol. The third-order valence-electron chi connectivity index (χ3n) is 4.01. The third kappa shape index (κ3) is 6.21. The molecule has 0 radical (unpaired) electrons. The Hall–Kier alpha value is -3.61. The van der Waals surface area contributed by atoms with Gasteiger partial charge in [-0.25, -0.2) is 4.79 Å². The number of anilines is 1. The van der Waals surface area contributed by atoms with Crippen LogP contribution in [-0.4, -0.2) is 36.0 Å². The molecular weight excluding hydrogens is 368 g/mol. The van der Waals surface area contributed by atoms with Crippen LogP contribution in [0.15, 0.2) is 60.7 Å². The fraction of sp³-hybridized carbons (Fsp3) is 0.227. The smallest absolute Gasteiger partial charge is 0.319 e. The number of urea groups is 1. The average molecular weight is 392 g/mol. The molecule has 3 aromatic rings. The van der Waals surface area contributed by atoms with E-state index in [9.17, 15) is 4.79 Å². The van der Waals surface area contributed by atoms with Crippen LogP contribution in [0.25, 0.3) is 11.3 Å². The molecule has 0 aliphatic carbocycles. The Bertz CT molecular complexity index is 928. The Kier molecular flexibility index (Phi) is 7.00. The van der Waals surface area contributed by atoms with Gasteiger partial charge in [-0.3, -0.25) is 0 Å². The van der Waals surface area contributed by atoms with Crippen LogP contribution >= 0.6 is 0 Å². The van der Waals surface area contributed by atoms with E-state index in [0.717, 1.165) is 28.3 Å². The molecule has 150 valence electrons. The molecule has 2 amide bonds. The molecule has 0 saturated carbocycles. The second-order valence-electron chi connectivity index (χ2n) is 6.31. The number of aromatic nitrogens is 2. The summed E-state index contributed by atoms with van der Waals surface area (Å²) in [6, 6.07) is 18.6. The van der Waals surface area contributed by atoms with Crippen LogP contribution in [0.2, 0.25) is 0 Å². The maximum Gasteiger partial charge on any atom is 0.319 e. The summed E-state index contributed by atoms with van der Waals surface area (Å²) in [5, 5.41) is 13.8. The zero-order chi connectivity index (χ0) is 20.5. The molecule has 0 spiro atoms. The van der Waals surface area contributed by atoms with E-state index in [0.29, 0.717) is 19.0 Å². The minimum Gasteiger partial charge on any atom is -0.494 e. The molecule has 0 saturated heterocycles. The fourth-order valence-corrected chi connectivity index (χ4v) is 2.66. The Balaban J connectivity index is 1.42. The summed E-state index contributed by atoms with van der Waals surface area (Å²) in [6.07, 6.45) is 0. The second-order valence-corrected chi connectivity index (χ2v) is 6.31. The summed E-state index contributed by atoms with van der Waals surface area (Å²) in [5.41, 5.74) is 3.52. The predicted octanol–water partition coefficient (Wildman–Crippen LogP) is 4.05. The van der Waals surface area contributed by atoms with E-state index in [1.54, 1.807) is 6.07 Å². The van der Waals surface area contributed by atoms with Crippen molar-refractivity contribution in [3.05, 3.63) is 66.2 Å². The highest BCUT2D eigenvalue weighted by molar-refractivity contribution is 5.89. The minimum absolute atomic E-state index is 0.281. The van der Waals surface area contributed by atoms with Gasteiger partial charge >= 0.3 is 6.03 Å². The molecule has 0 bridgehead atoms. The van der Waals surface area contributed by atoms with E-state index in [2.05, 4.69) is 20.8 Å². The first-order valence-corrected chi connectivity index (χ1v) is 9.45. The van der Waals surface area contributed by atoms with Gasteiger partial charge in [0.2, 0.25) is 5.88 Å². The molecule has 0 unspecified atom stereocenters. The molecule has 0 atom stereocenters. The van der Waals surface area contributed by atoms with Gasteiger partial charge in [0.15, 0.2) is 0 Å². The molecule has 0 aliphatic rings. The molecule has 2 N–H and O–H groups in total. The first-order chi connectivity index (χ1) is 14.1. The number of carbonyl (C=O) groups is 1. The number of amides is 2. The number of carbonyl (C=O) groups excluding carboxylic acids is 1. The van der Waals surface area contributed by atoms with Crippen molar-refractivity contribution >= 4 is 11.7 Å². The highest BCUT2D eigenvalue weighted by atomic mass is 16.5. The van der Waals surface area contributed by atoms with E-state index >= 15 is 0 Å². The summed E-state index contributed by atoms with van der Waals surface area (Å²) in [4.78, 5) is 11.9. The normalized spacial score (nSPS) is 10.3. The van der Waals surface area contributed by atoms with Crippen LogP contribution in [0, 0.1) is 6.92 Å². The Morgan fingerprint density at radius 2 is 1.83 bits per heavy atom. The molecule has 3 rings (SSSR count). The number of aryl methyl sites for hydroxylation is 1. The first kappa shape index (κ1) is 20.1. The van der Waals surface area contributed by atoms with Gasteiger partial charge in [-0.2, -0.15) is 0 Å². The lowest BCUT2D eigenvalue weighted by Crippen LogP contribution is -2.32. The van der Waals surface area contributed by atoms with Crippen LogP contribution in [0.3, 0.4) is 0 Å². The van der Waals surface area contributed by atoms with E-state index in [1.165, 1.54) is 0 Å². The molecule has 29 heavy (non-hydrogen) atoms. The lowest BCUT2D eigenvalue weighted by molar-refractivity contribution is 0.246. The summed E-state index contributed by atoms with van der Waals surface area (Å²) in [6.45, 7) is 5.19. The topological polar surface area (TPSA) is 85.4 Å². The molecule has 1 aromatic heterocycles. The molecule has 1 heterocycles. The van der Waals surface area contributed by atoms with Gasteiger partial charge in [-0.05, 0) is 61.9 Å². The predicted molar refractivity (Wildman–Crippen MR) is 112 cm³/mol. The summed E-state index contributed by atoms with van der Waals surface area (Å²) in [7, 11) is 0. The van der Waals surface area contributed by atoms with Gasteiger partial charge in [0.1, 0.15) is 12.4 Å². The molecule has 7 nitrogen and oxygen atoms in total. The number of benzene rings is 2. The maximum atomic E-state index is 11.9. The van der Waals surface area contributed by atoms with Crippen molar-refractivity contribution in [3.8, 4) is 22.9 Å². The molecule has 0 aliphatic heterocycles. The van der Waals surface area contributed by atoms with Crippen LogP contribution < -0.4 is 20.1 Å². The van der Waals surface area contributed by atoms with Gasteiger partial charge in [0.25, 0.3) is 0 Å². The summed E-state index contributed by atoms with van der Waals surface area (Å²) < 4.78 is 11.0. The number of nitrogens with one attached hydrogen (secondary N) is 2. The Morgan fingerprint density at radius 1 is 1.00 bits per heavy atom. The van der Waals surface area contributed by atoms with Gasteiger partial charge in [-0.15, -0.1) is 10.2 Å². The van der Waals surface area contributed by atoms with Crippen LogP contribution in [0.1, 0.15) is 12.5 Å². The van der Waals surface area contributed by atoms with Gasteiger partial charge in [0.05, 0.1) is 18.8 Å². The van der Waals surface area contributed by atoms with E-state index in [1.807, 2.05) is 68.4 Å². The van der Waals surface area contributed by atoms with Crippen molar-refractivity contribution in [3.63, 3.8) is 0 Å². The second kappa shape index (κ2) is 10.1. The maximum absolute atomic E-state index is 11.9. The van der Waals surface area contributed by atoms with Crippen molar-refractivity contribution in [2.45, 2.75) is 13.8 Å². The van der Waals surface area contributed by atoms with Crippen LogP contribution in [0.4, 0.5) is 10.5 Å². The van der Waals surface area contributed by atoms with Crippen molar-refractivity contribution < 1.29 is 14.3 Å². The van der Waals surface area contributed by atoms with E-state index < -0.39 is 0 Å². The van der Waals surface area contributed by atoms with Gasteiger partial charge < -0.3 is 20.1 Å². The fourth-order valence-electron chi connectivity index (χ4n) is 2.66. The summed E-state index contributed by atoms with van der Waals surface area (Å²) in [5.74, 6) is 1.23. The molecular formula is C22H24N4O3. The molecule has 0 fully saturated rings. The van der Waals surface area contributed by atoms with Gasteiger partial charge in [-0.1, -0.05) is 12.1 Å². The van der Waals surface area contributed by atoms with E-state index in [4.69, 9.17) is 9.47 Å². The van der Waals surface area contributed by atoms with E-state index in [-0.39, 0.29) is 12.6 Å². The minimum atomic E-state index is -0.281. The first-order valence-electron chi connectivity index (χ1n) is 9.45. The van der Waals surface area contributed by atoms with Crippen molar-refractivity contribution in [1.82, 2.24) is 15.5 Å². The number of nitrogens with zero attached hydrogens (tertiary/aromatic N) is 2. The quantitative estimate of drug-likeness (QED) is 0.565. The number of hydrogen-bond acceptors (Lipinski definition) is 5. The average Bonchev–Trinajstić information content (AvgIpc) is 2.73. The largest absolute Gasteiger partial charge is 0.494 e. The standard InChI is InChI=1S/C22H24N4O3/c1-3-28-19-9-7-17(8-10-19)20-11-12-21(26-25-20)29-14-13-23-22(27)24-18-6-4-5-16(2)15-18/h4-12,15H,3,13-14H2,1-2H3,(H2,23,24,27). The number of ether oxygens (including phenoxy) is 2. The summed E-state index contributed by atoms with van der Waals surface area (Å²) >= 11 is 0. The van der Waals surface area contributed by atoms with Crippen molar-refractivity contribution in [2.24, 2.45) is 0 Å². The SMILES string of the molecule is CCOc1ccc(-c2ccc(OCCNC(=O)Nc3cccc(C)c3)nn2)cc1. The van der Waals surface area contributed by atoms with Crippen molar-refractivity contribution in [2.75, 3.05) is 25.1 Å². The van der Waals surface area contributed by atoms with Gasteiger partial charge in [0, 0.05) is 17.3 Å². The lowest BCUT2D eigenvalue weighted by atomic mass is 10.1. The molecule has 2 aromatic carbocycles. The van der Waals surface area contributed by atoms with Crippen molar-refractivity contribution in [1.29, 1.82) is 0 Å².